The van der Waals surface area contributed by atoms with Crippen molar-refractivity contribution in [2.45, 2.75) is 6.92 Å². The summed E-state index contributed by atoms with van der Waals surface area (Å²) in [5.41, 5.74) is 8.00. The number of carbonyl (C=O) groups is 1. The van der Waals surface area contributed by atoms with Crippen molar-refractivity contribution in [1.29, 1.82) is 0 Å². The van der Waals surface area contributed by atoms with Crippen molar-refractivity contribution in [2.24, 2.45) is 0 Å². The molecule has 0 saturated carbocycles. The Bertz CT molecular complexity index is 598. The maximum atomic E-state index is 10.9. The zero-order valence-electron chi connectivity index (χ0n) is 10.3. The lowest BCUT2D eigenvalue weighted by Crippen LogP contribution is -2.05. The number of benzene rings is 1. The van der Waals surface area contributed by atoms with Crippen LogP contribution in [0.1, 0.15) is 6.92 Å². The zero-order chi connectivity index (χ0) is 13.8. The lowest BCUT2D eigenvalue weighted by molar-refractivity contribution is -0.114. The summed E-state index contributed by atoms with van der Waals surface area (Å²) in [5, 5.41) is 5.81. The Morgan fingerprint density at radius 3 is 2.47 bits per heavy atom. The smallest absolute Gasteiger partial charge is 0.221 e. The highest BCUT2D eigenvalue weighted by Crippen LogP contribution is 2.24. The third-order valence-electron chi connectivity index (χ3n) is 2.35. The van der Waals surface area contributed by atoms with E-state index in [9.17, 15) is 4.79 Å². The van der Waals surface area contributed by atoms with E-state index in [-0.39, 0.29) is 5.91 Å². The van der Waals surface area contributed by atoms with Crippen LogP contribution in [0.3, 0.4) is 0 Å². The molecule has 0 spiro atoms. The predicted octanol–water partition coefficient (Wildman–Crippen LogP) is 3.13. The topological polar surface area (TPSA) is 80.0 Å². The summed E-state index contributed by atoms with van der Waals surface area (Å²) in [4.78, 5) is 15.1. The van der Waals surface area contributed by atoms with Crippen LogP contribution in [-0.4, -0.2) is 10.9 Å². The van der Waals surface area contributed by atoms with Gasteiger partial charge in [0.15, 0.2) is 5.82 Å². The predicted molar refractivity (Wildman–Crippen MR) is 80.4 cm³/mol. The fourth-order valence-electron chi connectivity index (χ4n) is 1.54. The summed E-state index contributed by atoms with van der Waals surface area (Å²) in [5.74, 6) is 0.495. The van der Waals surface area contributed by atoms with Gasteiger partial charge >= 0.3 is 0 Å². The molecule has 6 heteroatoms. The van der Waals surface area contributed by atoms with E-state index >= 15 is 0 Å². The molecular formula is C13H13BrN4O. The van der Waals surface area contributed by atoms with Gasteiger partial charge in [-0.15, -0.1) is 0 Å². The third-order valence-corrected chi connectivity index (χ3v) is 2.79. The summed E-state index contributed by atoms with van der Waals surface area (Å²) in [6.45, 7) is 1.47. The van der Waals surface area contributed by atoms with Crippen molar-refractivity contribution in [3.05, 3.63) is 41.0 Å². The molecule has 98 valence electrons. The lowest BCUT2D eigenvalue weighted by Gasteiger charge is -2.09. The summed E-state index contributed by atoms with van der Waals surface area (Å²) >= 11 is 3.30. The SMILES string of the molecule is CC(=O)Nc1ccc(Nc2ncc(Br)cc2N)cc1. The van der Waals surface area contributed by atoms with E-state index < -0.39 is 0 Å². The van der Waals surface area contributed by atoms with Crippen LogP contribution in [0, 0.1) is 0 Å². The van der Waals surface area contributed by atoms with Crippen molar-refractivity contribution < 1.29 is 4.79 Å². The quantitative estimate of drug-likeness (QED) is 0.811. The number of hydrogen-bond donors (Lipinski definition) is 3. The summed E-state index contributed by atoms with van der Waals surface area (Å²) in [6, 6.07) is 9.07. The first kappa shape index (κ1) is 13.4. The van der Waals surface area contributed by atoms with E-state index in [4.69, 9.17) is 5.73 Å². The second-order valence-electron chi connectivity index (χ2n) is 3.97. The van der Waals surface area contributed by atoms with Gasteiger partial charge in [-0.1, -0.05) is 0 Å². The van der Waals surface area contributed by atoms with Gasteiger partial charge in [0.1, 0.15) is 0 Å². The normalized spacial score (nSPS) is 10.0. The number of nitrogens with one attached hydrogen (secondary N) is 2. The highest BCUT2D eigenvalue weighted by Gasteiger charge is 2.02. The molecule has 0 aliphatic rings. The molecule has 4 N–H and O–H groups in total. The molecule has 0 atom stereocenters. The molecule has 5 nitrogen and oxygen atoms in total. The molecule has 1 aromatic carbocycles. The molecule has 1 amide bonds. The molecule has 0 aliphatic heterocycles. The number of pyridine rings is 1. The van der Waals surface area contributed by atoms with E-state index in [0.717, 1.165) is 15.8 Å². The first-order chi connectivity index (χ1) is 9.04. The largest absolute Gasteiger partial charge is 0.396 e. The lowest BCUT2D eigenvalue weighted by atomic mass is 10.2. The third kappa shape index (κ3) is 3.69. The van der Waals surface area contributed by atoms with Crippen LogP contribution in [0.2, 0.25) is 0 Å². The minimum absolute atomic E-state index is 0.0977. The zero-order valence-corrected chi connectivity index (χ0v) is 11.9. The number of nitrogen functional groups attached to an aromatic ring is 1. The first-order valence-corrected chi connectivity index (χ1v) is 6.39. The van der Waals surface area contributed by atoms with Gasteiger partial charge < -0.3 is 16.4 Å². The molecule has 1 heterocycles. The van der Waals surface area contributed by atoms with Gasteiger partial charge in [-0.05, 0) is 46.3 Å². The Morgan fingerprint density at radius 2 is 1.89 bits per heavy atom. The Morgan fingerprint density at radius 1 is 1.26 bits per heavy atom. The number of hydrogen-bond acceptors (Lipinski definition) is 4. The second-order valence-corrected chi connectivity index (χ2v) is 4.89. The number of carbonyl (C=O) groups excluding carboxylic acids is 1. The monoisotopic (exact) mass is 320 g/mol. The van der Waals surface area contributed by atoms with Crippen LogP contribution in [-0.2, 0) is 4.79 Å². The fourth-order valence-corrected chi connectivity index (χ4v) is 1.89. The minimum atomic E-state index is -0.0977. The van der Waals surface area contributed by atoms with Crippen LogP contribution in [0.15, 0.2) is 41.0 Å². The number of rotatable bonds is 3. The first-order valence-electron chi connectivity index (χ1n) is 5.60. The van der Waals surface area contributed by atoms with Crippen LogP contribution in [0.4, 0.5) is 22.9 Å². The maximum absolute atomic E-state index is 10.9. The van der Waals surface area contributed by atoms with Gasteiger partial charge in [0, 0.05) is 29.0 Å². The van der Waals surface area contributed by atoms with Crippen LogP contribution >= 0.6 is 15.9 Å². The molecule has 0 fully saturated rings. The molecule has 2 rings (SSSR count). The molecule has 1 aromatic heterocycles. The van der Waals surface area contributed by atoms with Gasteiger partial charge in [0.25, 0.3) is 0 Å². The van der Waals surface area contributed by atoms with Crippen LogP contribution < -0.4 is 16.4 Å². The van der Waals surface area contributed by atoms with Gasteiger partial charge in [-0.3, -0.25) is 4.79 Å². The van der Waals surface area contributed by atoms with Crippen molar-refractivity contribution in [1.82, 2.24) is 4.98 Å². The summed E-state index contributed by atoms with van der Waals surface area (Å²) in [6.07, 6.45) is 1.67. The summed E-state index contributed by atoms with van der Waals surface area (Å²) < 4.78 is 0.830. The Labute approximate surface area is 119 Å². The minimum Gasteiger partial charge on any atom is -0.396 e. The van der Waals surface area contributed by atoms with E-state index in [1.807, 2.05) is 12.1 Å². The average molecular weight is 321 g/mol. The van der Waals surface area contributed by atoms with Crippen molar-refractivity contribution in [2.75, 3.05) is 16.4 Å². The highest BCUT2D eigenvalue weighted by molar-refractivity contribution is 9.10. The molecule has 19 heavy (non-hydrogen) atoms. The molecule has 0 radical (unpaired) electrons. The van der Waals surface area contributed by atoms with E-state index in [1.165, 1.54) is 6.92 Å². The van der Waals surface area contributed by atoms with E-state index in [1.54, 1.807) is 24.4 Å². The Kier molecular flexibility index (Phi) is 4.01. The standard InChI is InChI=1S/C13H13BrN4O/c1-8(19)17-10-2-4-11(5-3-10)18-13-12(15)6-9(14)7-16-13/h2-7H,15H2,1H3,(H,16,18)(H,17,19). The van der Waals surface area contributed by atoms with Crippen molar-refractivity contribution in [3.63, 3.8) is 0 Å². The fraction of sp³-hybridized carbons (Fsp3) is 0.0769. The number of amides is 1. The summed E-state index contributed by atoms with van der Waals surface area (Å²) in [7, 11) is 0. The highest BCUT2D eigenvalue weighted by atomic mass is 79.9. The Balaban J connectivity index is 2.13. The van der Waals surface area contributed by atoms with Gasteiger partial charge in [0.2, 0.25) is 5.91 Å². The molecular weight excluding hydrogens is 308 g/mol. The van der Waals surface area contributed by atoms with Gasteiger partial charge in [-0.2, -0.15) is 0 Å². The number of nitrogens with zero attached hydrogens (tertiary/aromatic N) is 1. The van der Waals surface area contributed by atoms with E-state index in [2.05, 4.69) is 31.5 Å². The molecule has 0 bridgehead atoms. The molecule has 2 aromatic rings. The number of anilines is 4. The van der Waals surface area contributed by atoms with Crippen LogP contribution in [0.5, 0.6) is 0 Å². The molecule has 0 saturated heterocycles. The molecule has 0 unspecified atom stereocenters. The number of halogens is 1. The Hall–Kier alpha value is -2.08. The van der Waals surface area contributed by atoms with Crippen molar-refractivity contribution in [3.8, 4) is 0 Å². The van der Waals surface area contributed by atoms with Crippen LogP contribution in [0.25, 0.3) is 0 Å². The second kappa shape index (κ2) is 5.71. The number of nitrogens with two attached hydrogens (primary N) is 1. The van der Waals surface area contributed by atoms with Gasteiger partial charge in [0.05, 0.1) is 5.69 Å². The van der Waals surface area contributed by atoms with Gasteiger partial charge in [-0.25, -0.2) is 4.98 Å². The van der Waals surface area contributed by atoms with Crippen molar-refractivity contribution >= 4 is 44.7 Å². The average Bonchev–Trinajstić information content (AvgIpc) is 2.34. The maximum Gasteiger partial charge on any atom is 0.221 e. The number of aromatic nitrogens is 1. The van der Waals surface area contributed by atoms with E-state index in [0.29, 0.717) is 11.5 Å². The molecule has 0 aliphatic carbocycles.